The van der Waals surface area contributed by atoms with Crippen LogP contribution in [0.1, 0.15) is 48.2 Å². The van der Waals surface area contributed by atoms with Crippen molar-refractivity contribution in [3.05, 3.63) is 15.6 Å². The minimum Gasteiger partial charge on any atom is -0.396 e. The third-order valence-corrected chi connectivity index (χ3v) is 5.50. The van der Waals surface area contributed by atoms with Crippen LogP contribution in [0.3, 0.4) is 0 Å². The van der Waals surface area contributed by atoms with Gasteiger partial charge in [-0.2, -0.15) is 0 Å². The summed E-state index contributed by atoms with van der Waals surface area (Å²) in [5.41, 5.74) is 1.35. The molecule has 2 aliphatic rings. The molecule has 0 spiro atoms. The third-order valence-electron chi connectivity index (χ3n) is 4.38. The van der Waals surface area contributed by atoms with Gasteiger partial charge in [-0.1, -0.05) is 6.92 Å². The SMILES string of the molecule is CC1CCc2nc(CNC(CCO)C3CC3)sc2C1. The Morgan fingerprint density at radius 3 is 3.00 bits per heavy atom. The van der Waals surface area contributed by atoms with Crippen LogP contribution in [0, 0.1) is 11.8 Å². The van der Waals surface area contributed by atoms with Crippen molar-refractivity contribution < 1.29 is 5.11 Å². The Kier molecular flexibility index (Phi) is 4.20. The van der Waals surface area contributed by atoms with Gasteiger partial charge in [-0.25, -0.2) is 4.98 Å². The topological polar surface area (TPSA) is 45.2 Å². The number of aliphatic hydroxyl groups is 1. The summed E-state index contributed by atoms with van der Waals surface area (Å²) in [5.74, 6) is 1.61. The van der Waals surface area contributed by atoms with Gasteiger partial charge in [-0.3, -0.25) is 0 Å². The molecule has 0 saturated heterocycles. The second kappa shape index (κ2) is 5.90. The molecule has 2 atom stereocenters. The second-order valence-electron chi connectivity index (χ2n) is 6.16. The molecule has 1 aromatic heterocycles. The van der Waals surface area contributed by atoms with Gasteiger partial charge in [0.05, 0.1) is 5.69 Å². The number of aryl methyl sites for hydroxylation is 1. The predicted molar refractivity (Wildman–Crippen MR) is 78.4 cm³/mol. The molecule has 106 valence electrons. The fraction of sp³-hybridized carbons (Fsp3) is 0.800. The highest BCUT2D eigenvalue weighted by Gasteiger charge is 2.30. The van der Waals surface area contributed by atoms with Crippen molar-refractivity contribution in [2.45, 2.75) is 58.0 Å². The Morgan fingerprint density at radius 1 is 1.42 bits per heavy atom. The summed E-state index contributed by atoms with van der Waals surface area (Å²) in [4.78, 5) is 6.31. The molecule has 2 aliphatic carbocycles. The molecule has 0 amide bonds. The minimum atomic E-state index is 0.292. The van der Waals surface area contributed by atoms with Crippen molar-refractivity contribution in [2.24, 2.45) is 11.8 Å². The molecular formula is C15H24N2OS. The molecule has 4 heteroatoms. The standard InChI is InChI=1S/C15H24N2OS/c1-10-2-5-13-14(8-10)19-15(17-13)9-16-12(6-7-18)11-3-4-11/h10-12,16,18H,2-9H2,1H3. The second-order valence-corrected chi connectivity index (χ2v) is 7.33. The fourth-order valence-corrected chi connectivity index (χ4v) is 4.26. The molecule has 3 rings (SSSR count). The van der Waals surface area contributed by atoms with Crippen molar-refractivity contribution in [1.29, 1.82) is 0 Å². The van der Waals surface area contributed by atoms with Crippen molar-refractivity contribution >= 4 is 11.3 Å². The molecule has 1 saturated carbocycles. The summed E-state index contributed by atoms with van der Waals surface area (Å²) < 4.78 is 0. The number of rotatable bonds is 6. The van der Waals surface area contributed by atoms with Crippen LogP contribution in [-0.2, 0) is 19.4 Å². The van der Waals surface area contributed by atoms with Crippen LogP contribution in [0.25, 0.3) is 0 Å². The molecule has 0 radical (unpaired) electrons. The first-order valence-electron chi connectivity index (χ1n) is 7.58. The smallest absolute Gasteiger partial charge is 0.107 e. The number of aliphatic hydroxyl groups excluding tert-OH is 1. The van der Waals surface area contributed by atoms with E-state index in [1.54, 1.807) is 0 Å². The zero-order chi connectivity index (χ0) is 13.2. The van der Waals surface area contributed by atoms with Gasteiger partial charge in [0.1, 0.15) is 5.01 Å². The van der Waals surface area contributed by atoms with Crippen molar-refractivity contribution in [3.63, 3.8) is 0 Å². The van der Waals surface area contributed by atoms with Crippen LogP contribution >= 0.6 is 11.3 Å². The van der Waals surface area contributed by atoms with Crippen LogP contribution in [0.4, 0.5) is 0 Å². The Balaban J connectivity index is 1.57. The molecule has 1 fully saturated rings. The number of hydrogen-bond donors (Lipinski definition) is 2. The zero-order valence-corrected chi connectivity index (χ0v) is 12.5. The third kappa shape index (κ3) is 3.36. The van der Waals surface area contributed by atoms with Crippen molar-refractivity contribution in [1.82, 2.24) is 10.3 Å². The maximum atomic E-state index is 9.12. The quantitative estimate of drug-likeness (QED) is 0.841. The van der Waals surface area contributed by atoms with E-state index in [9.17, 15) is 0 Å². The van der Waals surface area contributed by atoms with E-state index in [1.165, 1.54) is 41.3 Å². The Hall–Kier alpha value is -0.450. The molecule has 2 N–H and O–H groups in total. The molecule has 0 bridgehead atoms. The Bertz CT molecular complexity index is 428. The van der Waals surface area contributed by atoms with Gasteiger partial charge < -0.3 is 10.4 Å². The van der Waals surface area contributed by atoms with Crippen LogP contribution in [0.15, 0.2) is 0 Å². The van der Waals surface area contributed by atoms with E-state index in [-0.39, 0.29) is 0 Å². The number of nitrogens with one attached hydrogen (secondary N) is 1. The van der Waals surface area contributed by atoms with Crippen LogP contribution in [-0.4, -0.2) is 22.7 Å². The number of aromatic nitrogens is 1. The summed E-state index contributed by atoms with van der Waals surface area (Å²) in [6, 6.07) is 0.491. The average molecular weight is 280 g/mol. The molecule has 0 aliphatic heterocycles. The van der Waals surface area contributed by atoms with Gasteiger partial charge in [0.25, 0.3) is 0 Å². The first-order chi connectivity index (χ1) is 9.26. The normalized spacial score (nSPS) is 24.2. The van der Waals surface area contributed by atoms with E-state index in [0.29, 0.717) is 12.6 Å². The summed E-state index contributed by atoms with van der Waals surface area (Å²) in [6.45, 7) is 3.51. The highest BCUT2D eigenvalue weighted by Crippen LogP contribution is 2.34. The van der Waals surface area contributed by atoms with E-state index >= 15 is 0 Å². The van der Waals surface area contributed by atoms with Crippen molar-refractivity contribution in [2.75, 3.05) is 6.61 Å². The summed E-state index contributed by atoms with van der Waals surface area (Å²) in [6.07, 6.45) is 7.20. The van der Waals surface area contributed by atoms with Crippen LogP contribution in [0.5, 0.6) is 0 Å². The first-order valence-corrected chi connectivity index (χ1v) is 8.39. The summed E-state index contributed by atoms with van der Waals surface area (Å²) in [5, 5.41) is 14.0. The van der Waals surface area contributed by atoms with E-state index in [2.05, 4.69) is 12.2 Å². The predicted octanol–water partition coefficient (Wildman–Crippen LogP) is 2.52. The van der Waals surface area contributed by atoms with Crippen LogP contribution < -0.4 is 5.32 Å². The lowest BCUT2D eigenvalue weighted by Gasteiger charge is -2.15. The first kappa shape index (κ1) is 13.5. The number of fused-ring (bicyclic) bond motifs is 1. The van der Waals surface area contributed by atoms with Gasteiger partial charge in [0.15, 0.2) is 0 Å². The summed E-state index contributed by atoms with van der Waals surface area (Å²) in [7, 11) is 0. The molecular weight excluding hydrogens is 256 g/mol. The maximum Gasteiger partial charge on any atom is 0.107 e. The van der Waals surface area contributed by atoms with E-state index in [4.69, 9.17) is 10.1 Å². The highest BCUT2D eigenvalue weighted by molar-refractivity contribution is 7.11. The zero-order valence-electron chi connectivity index (χ0n) is 11.7. The number of thiazole rings is 1. The Labute approximate surface area is 119 Å². The van der Waals surface area contributed by atoms with Crippen LogP contribution in [0.2, 0.25) is 0 Å². The monoisotopic (exact) mass is 280 g/mol. The lowest BCUT2D eigenvalue weighted by atomic mass is 9.93. The van der Waals surface area contributed by atoms with Crippen molar-refractivity contribution in [3.8, 4) is 0 Å². The van der Waals surface area contributed by atoms with E-state index in [0.717, 1.165) is 31.2 Å². The van der Waals surface area contributed by atoms with E-state index in [1.807, 2.05) is 11.3 Å². The largest absolute Gasteiger partial charge is 0.396 e. The molecule has 19 heavy (non-hydrogen) atoms. The average Bonchev–Trinajstić information content (AvgIpc) is 3.15. The van der Waals surface area contributed by atoms with Gasteiger partial charge in [0, 0.05) is 24.1 Å². The maximum absolute atomic E-state index is 9.12. The van der Waals surface area contributed by atoms with Gasteiger partial charge >= 0.3 is 0 Å². The minimum absolute atomic E-state index is 0.292. The van der Waals surface area contributed by atoms with Gasteiger partial charge in [-0.15, -0.1) is 11.3 Å². The molecule has 0 aromatic carbocycles. The molecule has 1 aromatic rings. The molecule has 2 unspecified atom stereocenters. The Morgan fingerprint density at radius 2 is 2.26 bits per heavy atom. The molecule has 3 nitrogen and oxygen atoms in total. The number of nitrogens with zero attached hydrogens (tertiary/aromatic N) is 1. The highest BCUT2D eigenvalue weighted by atomic mass is 32.1. The number of hydrogen-bond acceptors (Lipinski definition) is 4. The molecule has 1 heterocycles. The fourth-order valence-electron chi connectivity index (χ4n) is 3.03. The van der Waals surface area contributed by atoms with E-state index < -0.39 is 0 Å². The lowest BCUT2D eigenvalue weighted by Crippen LogP contribution is -2.31. The van der Waals surface area contributed by atoms with Gasteiger partial charge in [-0.05, 0) is 50.4 Å². The summed E-state index contributed by atoms with van der Waals surface area (Å²) >= 11 is 1.90. The lowest BCUT2D eigenvalue weighted by molar-refractivity contribution is 0.255. The van der Waals surface area contributed by atoms with Gasteiger partial charge in [0.2, 0.25) is 0 Å².